The minimum atomic E-state index is -0.220. The van der Waals surface area contributed by atoms with Gasteiger partial charge in [-0.2, -0.15) is 0 Å². The molecule has 1 saturated heterocycles. The van der Waals surface area contributed by atoms with E-state index in [2.05, 4.69) is 15.9 Å². The van der Waals surface area contributed by atoms with Crippen molar-refractivity contribution in [2.45, 2.75) is 12.5 Å². The Balaban J connectivity index is 2.21. The van der Waals surface area contributed by atoms with Crippen molar-refractivity contribution < 1.29 is 9.90 Å². The Kier molecular flexibility index (Phi) is 4.37. The van der Waals surface area contributed by atoms with Crippen LogP contribution in [0, 0.1) is 0 Å². The number of nitrogens with zero attached hydrogens (tertiary/aromatic N) is 2. The second-order valence-electron chi connectivity index (χ2n) is 4.48. The quantitative estimate of drug-likeness (QED) is 0.919. The van der Waals surface area contributed by atoms with Gasteiger partial charge in [0.05, 0.1) is 6.04 Å². The Bertz CT molecular complexity index is 439. The number of hydrogen-bond acceptors (Lipinski definition) is 3. The van der Waals surface area contributed by atoms with Gasteiger partial charge in [-0.3, -0.25) is 9.69 Å². The molecule has 0 aromatic heterocycles. The highest BCUT2D eigenvalue weighted by atomic mass is 79.9. The van der Waals surface area contributed by atoms with Crippen molar-refractivity contribution in [2.75, 3.05) is 31.6 Å². The van der Waals surface area contributed by atoms with Crippen LogP contribution in [0.4, 0.5) is 5.69 Å². The van der Waals surface area contributed by atoms with Gasteiger partial charge in [0.1, 0.15) is 0 Å². The van der Waals surface area contributed by atoms with Crippen molar-refractivity contribution in [1.29, 1.82) is 0 Å². The summed E-state index contributed by atoms with van der Waals surface area (Å²) in [6.45, 7) is 1.55. The monoisotopic (exact) mass is 312 g/mol. The number of halogens is 1. The molecule has 98 valence electrons. The van der Waals surface area contributed by atoms with Crippen molar-refractivity contribution in [3.8, 4) is 0 Å². The lowest BCUT2D eigenvalue weighted by Gasteiger charge is -2.38. The van der Waals surface area contributed by atoms with Crippen LogP contribution < -0.4 is 4.90 Å². The van der Waals surface area contributed by atoms with E-state index in [1.807, 2.05) is 36.2 Å². The smallest absolute Gasteiger partial charge is 0.244 e. The zero-order valence-electron chi connectivity index (χ0n) is 10.3. The van der Waals surface area contributed by atoms with E-state index in [0.717, 1.165) is 16.7 Å². The zero-order chi connectivity index (χ0) is 13.1. The third kappa shape index (κ3) is 2.74. The van der Waals surface area contributed by atoms with Crippen LogP contribution in [-0.2, 0) is 4.79 Å². The molecule has 1 amide bonds. The highest BCUT2D eigenvalue weighted by Crippen LogP contribution is 2.24. The molecule has 1 atom stereocenters. The second kappa shape index (κ2) is 5.82. The SMILES string of the molecule is CN1CCN(c2cccc(Br)c2)C(=O)C1CCO. The number of rotatable bonds is 3. The van der Waals surface area contributed by atoms with Crippen molar-refractivity contribution in [3.05, 3.63) is 28.7 Å². The summed E-state index contributed by atoms with van der Waals surface area (Å²) in [7, 11) is 1.93. The fourth-order valence-corrected chi connectivity index (χ4v) is 2.65. The third-order valence-electron chi connectivity index (χ3n) is 3.28. The van der Waals surface area contributed by atoms with Crippen molar-refractivity contribution in [1.82, 2.24) is 4.90 Å². The van der Waals surface area contributed by atoms with Gasteiger partial charge in [-0.05, 0) is 31.7 Å². The maximum atomic E-state index is 12.4. The number of amides is 1. The van der Waals surface area contributed by atoms with E-state index in [-0.39, 0.29) is 18.6 Å². The average Bonchev–Trinajstić information content (AvgIpc) is 2.34. The molecule has 1 aliphatic heterocycles. The topological polar surface area (TPSA) is 43.8 Å². The lowest BCUT2D eigenvalue weighted by molar-refractivity contribution is -0.125. The summed E-state index contributed by atoms with van der Waals surface area (Å²) in [4.78, 5) is 16.2. The maximum Gasteiger partial charge on any atom is 0.244 e. The molecule has 1 unspecified atom stereocenters. The summed E-state index contributed by atoms with van der Waals surface area (Å²) in [6.07, 6.45) is 0.486. The van der Waals surface area contributed by atoms with Crippen molar-refractivity contribution in [3.63, 3.8) is 0 Å². The van der Waals surface area contributed by atoms with E-state index in [9.17, 15) is 4.79 Å². The fourth-order valence-electron chi connectivity index (χ4n) is 2.26. The summed E-state index contributed by atoms with van der Waals surface area (Å²) >= 11 is 3.42. The predicted octanol–water partition coefficient (Wildman–Crippen LogP) is 1.48. The first kappa shape index (κ1) is 13.5. The van der Waals surface area contributed by atoms with E-state index in [1.165, 1.54) is 0 Å². The van der Waals surface area contributed by atoms with E-state index in [0.29, 0.717) is 13.0 Å². The Morgan fingerprint density at radius 1 is 1.44 bits per heavy atom. The minimum absolute atomic E-state index is 0.0348. The van der Waals surface area contributed by atoms with Crippen LogP contribution in [0.2, 0.25) is 0 Å². The van der Waals surface area contributed by atoms with Gasteiger partial charge in [-0.25, -0.2) is 0 Å². The van der Waals surface area contributed by atoms with Crippen LogP contribution in [-0.4, -0.2) is 48.7 Å². The fraction of sp³-hybridized carbons (Fsp3) is 0.462. The molecular weight excluding hydrogens is 296 g/mol. The molecule has 4 nitrogen and oxygen atoms in total. The standard InChI is InChI=1S/C13H17BrN2O2/c1-15-6-7-16(13(18)12(15)5-8-17)11-4-2-3-10(14)9-11/h2-4,9,12,17H,5-8H2,1H3. The molecule has 18 heavy (non-hydrogen) atoms. The van der Waals surface area contributed by atoms with Gasteiger partial charge in [0.15, 0.2) is 0 Å². The molecule has 1 aliphatic rings. The van der Waals surface area contributed by atoms with Gasteiger partial charge in [0.2, 0.25) is 5.91 Å². The summed E-state index contributed by atoms with van der Waals surface area (Å²) in [5.74, 6) is 0.0656. The number of aliphatic hydroxyl groups is 1. The number of carbonyl (C=O) groups excluding carboxylic acids is 1. The molecule has 0 bridgehead atoms. The van der Waals surface area contributed by atoms with Crippen LogP contribution in [0.15, 0.2) is 28.7 Å². The number of anilines is 1. The van der Waals surface area contributed by atoms with E-state index >= 15 is 0 Å². The number of benzene rings is 1. The van der Waals surface area contributed by atoms with Gasteiger partial charge >= 0.3 is 0 Å². The number of aliphatic hydroxyl groups excluding tert-OH is 1. The molecule has 0 radical (unpaired) electrons. The zero-order valence-corrected chi connectivity index (χ0v) is 11.9. The Morgan fingerprint density at radius 2 is 2.22 bits per heavy atom. The summed E-state index contributed by atoms with van der Waals surface area (Å²) < 4.78 is 0.963. The third-order valence-corrected chi connectivity index (χ3v) is 3.78. The minimum Gasteiger partial charge on any atom is -0.396 e. The Morgan fingerprint density at radius 3 is 2.89 bits per heavy atom. The van der Waals surface area contributed by atoms with E-state index in [1.54, 1.807) is 4.90 Å². The summed E-state index contributed by atoms with van der Waals surface area (Å²) in [6, 6.07) is 7.52. The van der Waals surface area contributed by atoms with Gasteiger partial charge in [0, 0.05) is 29.9 Å². The van der Waals surface area contributed by atoms with Crippen LogP contribution in [0.1, 0.15) is 6.42 Å². The van der Waals surface area contributed by atoms with Crippen molar-refractivity contribution in [2.24, 2.45) is 0 Å². The number of likely N-dealkylation sites (N-methyl/N-ethyl adjacent to an activating group) is 1. The van der Waals surface area contributed by atoms with Gasteiger partial charge in [-0.1, -0.05) is 22.0 Å². The van der Waals surface area contributed by atoms with Crippen LogP contribution in [0.3, 0.4) is 0 Å². The molecule has 2 rings (SSSR count). The van der Waals surface area contributed by atoms with Crippen LogP contribution in [0.25, 0.3) is 0 Å². The number of hydrogen-bond donors (Lipinski definition) is 1. The van der Waals surface area contributed by atoms with Crippen LogP contribution in [0.5, 0.6) is 0 Å². The largest absolute Gasteiger partial charge is 0.396 e. The number of piperazine rings is 1. The van der Waals surface area contributed by atoms with Gasteiger partial charge < -0.3 is 10.0 Å². The first-order valence-corrected chi connectivity index (χ1v) is 6.81. The average molecular weight is 313 g/mol. The van der Waals surface area contributed by atoms with Gasteiger partial charge in [0.25, 0.3) is 0 Å². The molecule has 0 saturated carbocycles. The highest BCUT2D eigenvalue weighted by molar-refractivity contribution is 9.10. The van der Waals surface area contributed by atoms with E-state index in [4.69, 9.17) is 5.11 Å². The second-order valence-corrected chi connectivity index (χ2v) is 5.39. The highest BCUT2D eigenvalue weighted by Gasteiger charge is 2.32. The molecule has 5 heteroatoms. The van der Waals surface area contributed by atoms with E-state index < -0.39 is 0 Å². The molecule has 1 N–H and O–H groups in total. The molecule has 1 aromatic carbocycles. The molecule has 1 fully saturated rings. The molecule has 1 aromatic rings. The molecule has 1 heterocycles. The Hall–Kier alpha value is -0.910. The van der Waals surface area contributed by atoms with Crippen LogP contribution >= 0.6 is 15.9 Å². The lowest BCUT2D eigenvalue weighted by Crippen LogP contribution is -2.56. The summed E-state index contributed by atoms with van der Waals surface area (Å²) in [5, 5.41) is 9.05. The molecule has 0 aliphatic carbocycles. The number of carbonyl (C=O) groups is 1. The first-order valence-electron chi connectivity index (χ1n) is 6.01. The van der Waals surface area contributed by atoms with Crippen molar-refractivity contribution >= 4 is 27.5 Å². The van der Waals surface area contributed by atoms with Gasteiger partial charge in [-0.15, -0.1) is 0 Å². The lowest BCUT2D eigenvalue weighted by atomic mass is 10.1. The normalized spacial score (nSPS) is 21.4. The maximum absolute atomic E-state index is 12.4. The summed E-state index contributed by atoms with van der Waals surface area (Å²) in [5.41, 5.74) is 0.908. The Labute approximate surface area is 115 Å². The molecule has 0 spiro atoms. The molecular formula is C13H17BrN2O2. The first-order chi connectivity index (χ1) is 8.63. The predicted molar refractivity (Wildman–Crippen MR) is 74.6 cm³/mol.